The first-order chi connectivity index (χ1) is 11.7. The van der Waals surface area contributed by atoms with Crippen molar-refractivity contribution in [2.75, 3.05) is 17.2 Å². The maximum Gasteiger partial charge on any atom is 0.338 e. The van der Waals surface area contributed by atoms with Crippen molar-refractivity contribution in [3.8, 4) is 0 Å². The summed E-state index contributed by atoms with van der Waals surface area (Å²) in [5.74, 6) is -0.382. The zero-order chi connectivity index (χ0) is 16.9. The molecule has 1 aromatic heterocycles. The highest BCUT2D eigenvalue weighted by molar-refractivity contribution is 6.01. The Kier molecular flexibility index (Phi) is 4.47. The van der Waals surface area contributed by atoms with Crippen molar-refractivity contribution in [2.24, 2.45) is 0 Å². The third kappa shape index (κ3) is 3.55. The molecule has 0 fully saturated rings. The van der Waals surface area contributed by atoms with E-state index >= 15 is 0 Å². The molecule has 3 aromatic rings. The van der Waals surface area contributed by atoms with E-state index in [4.69, 9.17) is 4.74 Å². The van der Waals surface area contributed by atoms with E-state index in [0.29, 0.717) is 23.5 Å². The topological polar surface area (TPSA) is 83.2 Å². The molecule has 0 unspecified atom stereocenters. The second-order valence-corrected chi connectivity index (χ2v) is 5.16. The Morgan fingerprint density at radius 1 is 1.00 bits per heavy atom. The zero-order valence-corrected chi connectivity index (χ0v) is 13.1. The van der Waals surface area contributed by atoms with Crippen LogP contribution in [0.2, 0.25) is 0 Å². The van der Waals surface area contributed by atoms with Gasteiger partial charge in [-0.05, 0) is 54.8 Å². The Bertz CT molecular complexity index is 869. The lowest BCUT2D eigenvalue weighted by Gasteiger charge is -2.08. The summed E-state index contributed by atoms with van der Waals surface area (Å²) in [4.78, 5) is 26.7. The third-order valence-corrected chi connectivity index (χ3v) is 3.47. The number of fused-ring (bicyclic) bond motifs is 1. The second kappa shape index (κ2) is 6.87. The van der Waals surface area contributed by atoms with Crippen LogP contribution in [0.1, 0.15) is 17.3 Å². The first-order valence-corrected chi connectivity index (χ1v) is 7.58. The smallest absolute Gasteiger partial charge is 0.338 e. The summed E-state index contributed by atoms with van der Waals surface area (Å²) >= 11 is 0. The van der Waals surface area contributed by atoms with Gasteiger partial charge in [-0.1, -0.05) is 6.07 Å². The first kappa shape index (κ1) is 15.6. The van der Waals surface area contributed by atoms with Crippen LogP contribution in [0.5, 0.6) is 0 Å². The lowest BCUT2D eigenvalue weighted by molar-refractivity contribution is 0.0526. The fourth-order valence-corrected chi connectivity index (χ4v) is 2.32. The fourth-order valence-electron chi connectivity index (χ4n) is 2.32. The van der Waals surface area contributed by atoms with E-state index in [0.717, 1.165) is 10.9 Å². The molecule has 1 heterocycles. The van der Waals surface area contributed by atoms with Gasteiger partial charge in [0, 0.05) is 23.1 Å². The molecule has 0 atom stereocenters. The van der Waals surface area contributed by atoms with Gasteiger partial charge >= 0.3 is 12.0 Å². The molecule has 24 heavy (non-hydrogen) atoms. The number of ether oxygens (including phenoxy) is 1. The Morgan fingerprint density at radius 3 is 2.46 bits per heavy atom. The van der Waals surface area contributed by atoms with Crippen LogP contribution in [0, 0.1) is 0 Å². The number of anilines is 2. The number of carbonyl (C=O) groups excluding carboxylic acids is 2. The van der Waals surface area contributed by atoms with Crippen molar-refractivity contribution >= 4 is 34.3 Å². The van der Waals surface area contributed by atoms with Gasteiger partial charge in [-0.15, -0.1) is 0 Å². The molecule has 6 heteroatoms. The molecule has 0 aliphatic carbocycles. The van der Waals surface area contributed by atoms with E-state index in [9.17, 15) is 9.59 Å². The van der Waals surface area contributed by atoms with Crippen molar-refractivity contribution in [3.63, 3.8) is 0 Å². The summed E-state index contributed by atoms with van der Waals surface area (Å²) in [6.07, 6.45) is 1.85. The van der Waals surface area contributed by atoms with Gasteiger partial charge in [-0.2, -0.15) is 0 Å². The number of urea groups is 1. The Morgan fingerprint density at radius 2 is 1.71 bits per heavy atom. The van der Waals surface area contributed by atoms with Crippen LogP contribution in [0.25, 0.3) is 10.9 Å². The minimum Gasteiger partial charge on any atom is -0.462 e. The lowest BCUT2D eigenvalue weighted by Crippen LogP contribution is -2.19. The number of aromatic amines is 1. The molecule has 0 saturated heterocycles. The van der Waals surface area contributed by atoms with Crippen molar-refractivity contribution < 1.29 is 14.3 Å². The largest absolute Gasteiger partial charge is 0.462 e. The first-order valence-electron chi connectivity index (χ1n) is 7.58. The van der Waals surface area contributed by atoms with Crippen molar-refractivity contribution in [1.82, 2.24) is 4.98 Å². The molecule has 2 amide bonds. The third-order valence-electron chi connectivity index (χ3n) is 3.47. The van der Waals surface area contributed by atoms with Gasteiger partial charge in [0.2, 0.25) is 0 Å². The molecular formula is C18H17N3O3. The van der Waals surface area contributed by atoms with E-state index < -0.39 is 0 Å². The molecule has 6 nitrogen and oxygen atoms in total. The second-order valence-electron chi connectivity index (χ2n) is 5.16. The number of H-pyrrole nitrogens is 1. The summed E-state index contributed by atoms with van der Waals surface area (Å²) in [5.41, 5.74) is 2.67. The molecule has 0 aliphatic rings. The monoisotopic (exact) mass is 323 g/mol. The minimum atomic E-state index is -0.382. The number of carbonyl (C=O) groups is 2. The molecule has 0 radical (unpaired) electrons. The van der Waals surface area contributed by atoms with E-state index in [1.807, 2.05) is 30.5 Å². The van der Waals surface area contributed by atoms with Gasteiger partial charge in [0.15, 0.2) is 0 Å². The van der Waals surface area contributed by atoms with Gasteiger partial charge in [-0.3, -0.25) is 0 Å². The molecule has 0 bridgehead atoms. The van der Waals surface area contributed by atoms with E-state index in [1.54, 1.807) is 31.2 Å². The van der Waals surface area contributed by atoms with Crippen LogP contribution < -0.4 is 10.6 Å². The molecular weight excluding hydrogens is 306 g/mol. The van der Waals surface area contributed by atoms with E-state index in [-0.39, 0.29) is 12.0 Å². The molecule has 0 spiro atoms. The summed E-state index contributed by atoms with van der Waals surface area (Å²) < 4.78 is 4.91. The van der Waals surface area contributed by atoms with Crippen molar-refractivity contribution in [2.45, 2.75) is 6.92 Å². The Labute approximate surface area is 138 Å². The molecule has 3 N–H and O–H groups in total. The molecule has 3 rings (SSSR count). The summed E-state index contributed by atoms with van der Waals surface area (Å²) in [7, 11) is 0. The highest BCUT2D eigenvalue weighted by Gasteiger charge is 2.07. The molecule has 0 aliphatic heterocycles. The fraction of sp³-hybridized carbons (Fsp3) is 0.111. The van der Waals surface area contributed by atoms with Crippen LogP contribution >= 0.6 is 0 Å². The molecule has 0 saturated carbocycles. The number of hydrogen-bond acceptors (Lipinski definition) is 3. The van der Waals surface area contributed by atoms with Crippen LogP contribution in [0.15, 0.2) is 54.7 Å². The van der Waals surface area contributed by atoms with Crippen LogP contribution in [-0.2, 0) is 4.74 Å². The highest BCUT2D eigenvalue weighted by Crippen LogP contribution is 2.18. The average molecular weight is 323 g/mol. The van der Waals surface area contributed by atoms with Crippen LogP contribution in [0.3, 0.4) is 0 Å². The SMILES string of the molecule is CCOC(=O)c1ccc(NC(=O)Nc2ccc3cc[nH]c3c2)cc1. The van der Waals surface area contributed by atoms with Crippen molar-refractivity contribution in [1.29, 1.82) is 0 Å². The zero-order valence-electron chi connectivity index (χ0n) is 13.1. The van der Waals surface area contributed by atoms with Gasteiger partial charge in [0.1, 0.15) is 0 Å². The number of esters is 1. The maximum atomic E-state index is 12.1. The number of hydrogen-bond donors (Lipinski definition) is 3. The summed E-state index contributed by atoms with van der Waals surface area (Å²) in [6, 6.07) is 13.7. The summed E-state index contributed by atoms with van der Waals surface area (Å²) in [6.45, 7) is 2.08. The molecule has 2 aromatic carbocycles. The van der Waals surface area contributed by atoms with Crippen LogP contribution in [0.4, 0.5) is 16.2 Å². The average Bonchev–Trinajstić information content (AvgIpc) is 3.03. The quantitative estimate of drug-likeness (QED) is 0.635. The predicted molar refractivity (Wildman–Crippen MR) is 93.3 cm³/mol. The Hall–Kier alpha value is -3.28. The van der Waals surface area contributed by atoms with E-state index in [1.165, 1.54) is 0 Å². The Balaban J connectivity index is 1.62. The normalized spacial score (nSPS) is 10.4. The van der Waals surface area contributed by atoms with Crippen molar-refractivity contribution in [3.05, 3.63) is 60.3 Å². The number of aromatic nitrogens is 1. The highest BCUT2D eigenvalue weighted by atomic mass is 16.5. The van der Waals surface area contributed by atoms with Crippen LogP contribution in [-0.4, -0.2) is 23.6 Å². The van der Waals surface area contributed by atoms with Gasteiger partial charge in [-0.25, -0.2) is 9.59 Å². The van der Waals surface area contributed by atoms with E-state index in [2.05, 4.69) is 15.6 Å². The van der Waals surface area contributed by atoms with Gasteiger partial charge in [0.05, 0.1) is 12.2 Å². The number of benzene rings is 2. The molecule has 122 valence electrons. The number of rotatable bonds is 4. The van der Waals surface area contributed by atoms with Gasteiger partial charge in [0.25, 0.3) is 0 Å². The lowest BCUT2D eigenvalue weighted by atomic mass is 10.2. The predicted octanol–water partition coefficient (Wildman–Crippen LogP) is 3.99. The summed E-state index contributed by atoms with van der Waals surface area (Å²) in [5, 5.41) is 6.57. The standard InChI is InChI=1S/C18H17N3O3/c1-2-24-17(22)13-4-6-14(7-5-13)20-18(23)21-15-8-3-12-9-10-19-16(12)11-15/h3-11,19H,2H2,1H3,(H2,20,21,23). The van der Waals surface area contributed by atoms with Gasteiger partial charge < -0.3 is 20.4 Å². The maximum absolute atomic E-state index is 12.1. The number of amides is 2. The minimum absolute atomic E-state index is 0.326. The number of nitrogens with one attached hydrogen (secondary N) is 3.